The fourth-order valence-corrected chi connectivity index (χ4v) is 2.91. The second-order valence-electron chi connectivity index (χ2n) is 6.44. The molecule has 0 radical (unpaired) electrons. The highest BCUT2D eigenvalue weighted by atomic mass is 19.1. The average molecular weight is 386 g/mol. The molecule has 0 saturated carbocycles. The Balaban J connectivity index is 1.86. The van der Waals surface area contributed by atoms with Crippen LogP contribution in [0.5, 0.6) is 0 Å². The monoisotopic (exact) mass is 386 g/mol. The van der Waals surface area contributed by atoms with Gasteiger partial charge in [-0.15, -0.1) is 0 Å². The van der Waals surface area contributed by atoms with Gasteiger partial charge in [-0.1, -0.05) is 54.6 Å². The second kappa shape index (κ2) is 12.1. The van der Waals surface area contributed by atoms with Crippen molar-refractivity contribution in [1.29, 1.82) is 0 Å². The van der Waals surface area contributed by atoms with E-state index in [1.165, 1.54) is 19.2 Å². The molecule has 0 unspecified atom stereocenters. The summed E-state index contributed by atoms with van der Waals surface area (Å²) in [7, 11) is 2.96. The molecule has 0 fully saturated rings. The van der Waals surface area contributed by atoms with Gasteiger partial charge in [-0.05, 0) is 36.1 Å². The second-order valence-corrected chi connectivity index (χ2v) is 6.44. The third-order valence-electron chi connectivity index (χ3n) is 4.47. The summed E-state index contributed by atoms with van der Waals surface area (Å²) < 4.78 is 29.2. The number of allylic oxidation sites excluding steroid dienone is 1. The summed E-state index contributed by atoms with van der Waals surface area (Å²) in [5.41, 5.74) is 1.94. The lowest BCUT2D eigenvalue weighted by Gasteiger charge is -2.20. The Labute approximate surface area is 165 Å². The van der Waals surface area contributed by atoms with E-state index >= 15 is 0 Å². The molecule has 2 aromatic rings. The summed E-state index contributed by atoms with van der Waals surface area (Å²) in [4.78, 5) is 12.2. The third kappa shape index (κ3) is 7.25. The highest BCUT2D eigenvalue weighted by Gasteiger charge is 2.24. The van der Waals surface area contributed by atoms with Crippen LogP contribution in [0.15, 0.2) is 66.7 Å². The molecule has 2 rings (SSSR count). The van der Waals surface area contributed by atoms with Crippen LogP contribution in [0, 0.1) is 11.7 Å². The van der Waals surface area contributed by atoms with E-state index in [9.17, 15) is 9.18 Å². The number of rotatable bonds is 11. The first-order chi connectivity index (χ1) is 13.6. The minimum Gasteiger partial charge on any atom is -0.469 e. The molecule has 150 valence electrons. The quantitative estimate of drug-likeness (QED) is 0.314. The molecule has 0 saturated heterocycles. The molecule has 28 heavy (non-hydrogen) atoms. The topological polar surface area (TPSA) is 44.8 Å². The van der Waals surface area contributed by atoms with Crippen LogP contribution in [0.25, 0.3) is 0 Å². The first-order valence-electron chi connectivity index (χ1n) is 9.26. The molecule has 0 aliphatic heterocycles. The number of carbonyl (C=O) groups excluding carboxylic acids is 1. The summed E-state index contributed by atoms with van der Waals surface area (Å²) in [5, 5.41) is 0. The Hall–Kier alpha value is -2.50. The highest BCUT2D eigenvalue weighted by Crippen LogP contribution is 2.27. The van der Waals surface area contributed by atoms with Gasteiger partial charge in [-0.2, -0.15) is 0 Å². The van der Waals surface area contributed by atoms with E-state index in [0.29, 0.717) is 26.1 Å². The van der Waals surface area contributed by atoms with Crippen molar-refractivity contribution < 1.29 is 23.4 Å². The Morgan fingerprint density at radius 3 is 2.39 bits per heavy atom. The van der Waals surface area contributed by atoms with Crippen LogP contribution < -0.4 is 0 Å². The number of esters is 1. The molecular formula is C23H27FO4. The van der Waals surface area contributed by atoms with Gasteiger partial charge in [0, 0.05) is 7.11 Å². The van der Waals surface area contributed by atoms with E-state index in [1.807, 2.05) is 42.5 Å². The van der Waals surface area contributed by atoms with Gasteiger partial charge in [0.2, 0.25) is 0 Å². The molecule has 0 spiro atoms. The lowest BCUT2D eigenvalue weighted by atomic mass is 9.94. The van der Waals surface area contributed by atoms with Gasteiger partial charge in [0.15, 0.2) is 0 Å². The van der Waals surface area contributed by atoms with Crippen LogP contribution in [0.4, 0.5) is 4.39 Å². The normalized spacial score (nSPS) is 13.4. The largest absolute Gasteiger partial charge is 0.469 e. The lowest BCUT2D eigenvalue weighted by molar-refractivity contribution is -0.146. The van der Waals surface area contributed by atoms with E-state index in [1.54, 1.807) is 19.2 Å². The number of methoxy groups -OCH3 is 2. The molecule has 0 amide bonds. The molecule has 0 bridgehead atoms. The molecule has 2 atom stereocenters. The molecule has 0 aliphatic carbocycles. The molecule has 4 nitrogen and oxygen atoms in total. The first kappa shape index (κ1) is 21.8. The van der Waals surface area contributed by atoms with Crippen LogP contribution in [-0.4, -0.2) is 26.8 Å². The van der Waals surface area contributed by atoms with Crippen molar-refractivity contribution in [3.8, 4) is 0 Å². The highest BCUT2D eigenvalue weighted by molar-refractivity contribution is 5.72. The Morgan fingerprint density at radius 2 is 1.75 bits per heavy atom. The van der Waals surface area contributed by atoms with Crippen LogP contribution in [0.3, 0.4) is 0 Å². The maximum atomic E-state index is 13.1. The van der Waals surface area contributed by atoms with Gasteiger partial charge in [-0.3, -0.25) is 4.79 Å². The molecule has 5 heteroatoms. The molecule has 2 aromatic carbocycles. The zero-order chi connectivity index (χ0) is 20.2. The van der Waals surface area contributed by atoms with Gasteiger partial charge in [0.25, 0.3) is 0 Å². The van der Waals surface area contributed by atoms with Gasteiger partial charge in [-0.25, -0.2) is 4.39 Å². The van der Waals surface area contributed by atoms with Gasteiger partial charge >= 0.3 is 5.97 Å². The Morgan fingerprint density at radius 1 is 1.04 bits per heavy atom. The molecule has 0 N–H and O–H groups in total. The van der Waals surface area contributed by atoms with E-state index in [2.05, 4.69) is 0 Å². The SMILES string of the molecule is COC(=O)[C@@H](C/C=C\COCc1ccccc1)C[C@@H](OC)c1ccc(F)cc1. The number of hydrogen-bond acceptors (Lipinski definition) is 4. The number of halogens is 1. The molecule has 0 aromatic heterocycles. The molecular weight excluding hydrogens is 359 g/mol. The predicted molar refractivity (Wildman–Crippen MR) is 106 cm³/mol. The van der Waals surface area contributed by atoms with Crippen LogP contribution in [-0.2, 0) is 25.6 Å². The van der Waals surface area contributed by atoms with Gasteiger partial charge in [0.1, 0.15) is 5.82 Å². The number of benzene rings is 2. The summed E-state index contributed by atoms with van der Waals surface area (Å²) in [6, 6.07) is 16.1. The maximum Gasteiger partial charge on any atom is 0.309 e. The van der Waals surface area contributed by atoms with Gasteiger partial charge < -0.3 is 14.2 Å². The smallest absolute Gasteiger partial charge is 0.309 e. The van der Waals surface area contributed by atoms with Gasteiger partial charge in [0.05, 0.1) is 32.3 Å². The maximum absolute atomic E-state index is 13.1. The number of hydrogen-bond donors (Lipinski definition) is 0. The lowest BCUT2D eigenvalue weighted by Crippen LogP contribution is -2.19. The summed E-state index contributed by atoms with van der Waals surface area (Å²) in [5.74, 6) is -0.953. The summed E-state index contributed by atoms with van der Waals surface area (Å²) in [6.07, 6.45) is 4.47. The van der Waals surface area contributed by atoms with Crippen molar-refractivity contribution in [1.82, 2.24) is 0 Å². The van der Waals surface area contributed by atoms with Crippen molar-refractivity contribution in [2.24, 2.45) is 5.92 Å². The minimum atomic E-state index is -0.356. The van der Waals surface area contributed by atoms with E-state index in [-0.39, 0.29) is 23.8 Å². The van der Waals surface area contributed by atoms with Crippen molar-refractivity contribution >= 4 is 5.97 Å². The summed E-state index contributed by atoms with van der Waals surface area (Å²) in [6.45, 7) is 1.01. The van der Waals surface area contributed by atoms with Crippen LogP contribution in [0.2, 0.25) is 0 Å². The number of ether oxygens (including phenoxy) is 3. The summed E-state index contributed by atoms with van der Waals surface area (Å²) >= 11 is 0. The number of carbonyl (C=O) groups is 1. The Bertz CT molecular complexity index is 728. The molecule has 0 heterocycles. The fourth-order valence-electron chi connectivity index (χ4n) is 2.91. The van der Waals surface area contributed by atoms with Crippen molar-refractivity contribution in [3.63, 3.8) is 0 Å². The van der Waals surface area contributed by atoms with Crippen molar-refractivity contribution in [2.45, 2.75) is 25.6 Å². The molecule has 0 aliphatic rings. The van der Waals surface area contributed by atoms with E-state index in [4.69, 9.17) is 14.2 Å². The van der Waals surface area contributed by atoms with E-state index in [0.717, 1.165) is 11.1 Å². The third-order valence-corrected chi connectivity index (χ3v) is 4.47. The first-order valence-corrected chi connectivity index (χ1v) is 9.26. The zero-order valence-electron chi connectivity index (χ0n) is 16.3. The Kier molecular flexibility index (Phi) is 9.39. The fraction of sp³-hybridized carbons (Fsp3) is 0.348. The minimum absolute atomic E-state index is 0.293. The predicted octanol–water partition coefficient (Wildman–Crippen LogP) is 4.86. The van der Waals surface area contributed by atoms with Crippen molar-refractivity contribution in [3.05, 3.63) is 83.7 Å². The van der Waals surface area contributed by atoms with Crippen molar-refractivity contribution in [2.75, 3.05) is 20.8 Å². The van der Waals surface area contributed by atoms with Crippen LogP contribution >= 0.6 is 0 Å². The average Bonchev–Trinajstić information content (AvgIpc) is 2.73. The standard InChI is InChI=1S/C23H27FO4/c1-26-22(19-11-13-21(24)14-12-19)16-20(23(25)27-2)10-6-7-15-28-17-18-8-4-3-5-9-18/h3-9,11-14,20,22H,10,15-17H2,1-2H3/b7-6-/t20-,22+/m0/s1. The van der Waals surface area contributed by atoms with E-state index < -0.39 is 0 Å². The van der Waals surface area contributed by atoms with Crippen LogP contribution in [0.1, 0.15) is 30.1 Å². The zero-order valence-corrected chi connectivity index (χ0v) is 16.3.